The smallest absolute Gasteiger partial charge is 0.269 e. The topological polar surface area (TPSA) is 71.8 Å². The summed E-state index contributed by atoms with van der Waals surface area (Å²) in [4.78, 5) is 18.4. The van der Waals surface area contributed by atoms with Crippen LogP contribution in [0.15, 0.2) is 59.8 Å². The molecular weight excluding hydrogens is 322 g/mol. The molecule has 0 atom stereocenters. The van der Waals surface area contributed by atoms with E-state index in [9.17, 15) is 10.1 Å². The van der Waals surface area contributed by atoms with Crippen LogP contribution >= 0.6 is 11.8 Å². The number of rotatable bonds is 6. The third-order valence-corrected chi connectivity index (χ3v) is 4.62. The van der Waals surface area contributed by atoms with Crippen LogP contribution in [0.2, 0.25) is 0 Å². The van der Waals surface area contributed by atoms with Crippen molar-refractivity contribution < 1.29 is 4.92 Å². The van der Waals surface area contributed by atoms with Gasteiger partial charge in [0.2, 0.25) is 0 Å². The Morgan fingerprint density at radius 1 is 1.12 bits per heavy atom. The van der Waals surface area contributed by atoms with Crippen LogP contribution in [-0.4, -0.2) is 14.9 Å². The minimum Gasteiger partial charge on any atom is -0.337 e. The Bertz CT molecular complexity index is 846. The molecule has 3 aromatic rings. The molecule has 6 heteroatoms. The second-order valence-electron chi connectivity index (χ2n) is 5.49. The standard InChI is InChI=1S/C18H17N3O2S/c1-13-17(11-14-6-3-2-4-7-14)20-18(19-13)24-12-15-8-5-9-16(10-15)21(22)23/h2-10H,11-12H2,1H3,(H,19,20). The summed E-state index contributed by atoms with van der Waals surface area (Å²) in [7, 11) is 0. The molecule has 2 aromatic carbocycles. The van der Waals surface area contributed by atoms with Crippen LogP contribution in [0.1, 0.15) is 22.5 Å². The summed E-state index contributed by atoms with van der Waals surface area (Å²) in [6.45, 7) is 2.02. The number of hydrogen-bond donors (Lipinski definition) is 1. The van der Waals surface area contributed by atoms with Gasteiger partial charge >= 0.3 is 0 Å². The Morgan fingerprint density at radius 3 is 2.62 bits per heavy atom. The fourth-order valence-corrected chi connectivity index (χ4v) is 3.29. The first-order chi connectivity index (χ1) is 11.6. The number of imidazole rings is 1. The second kappa shape index (κ2) is 7.31. The van der Waals surface area contributed by atoms with E-state index in [1.165, 1.54) is 11.6 Å². The molecule has 0 bridgehead atoms. The number of thioether (sulfide) groups is 1. The summed E-state index contributed by atoms with van der Waals surface area (Å²) in [5.41, 5.74) is 4.34. The highest BCUT2D eigenvalue weighted by atomic mass is 32.2. The lowest BCUT2D eigenvalue weighted by molar-refractivity contribution is -0.384. The maximum Gasteiger partial charge on any atom is 0.269 e. The minimum absolute atomic E-state index is 0.119. The molecule has 24 heavy (non-hydrogen) atoms. The van der Waals surface area contributed by atoms with Gasteiger partial charge in [0.05, 0.1) is 10.6 Å². The fraction of sp³-hybridized carbons (Fsp3) is 0.167. The highest BCUT2D eigenvalue weighted by Gasteiger charge is 2.10. The molecule has 122 valence electrons. The van der Waals surface area contributed by atoms with E-state index < -0.39 is 0 Å². The van der Waals surface area contributed by atoms with Crippen LogP contribution in [0.3, 0.4) is 0 Å². The predicted octanol–water partition coefficient (Wildman–Crippen LogP) is 4.51. The fourth-order valence-electron chi connectivity index (χ4n) is 2.41. The summed E-state index contributed by atoms with van der Waals surface area (Å²) in [5.74, 6) is 0.638. The third kappa shape index (κ3) is 4.02. The second-order valence-corrected chi connectivity index (χ2v) is 6.46. The Hall–Kier alpha value is -2.60. The van der Waals surface area contributed by atoms with Crippen molar-refractivity contribution in [2.45, 2.75) is 24.3 Å². The monoisotopic (exact) mass is 339 g/mol. The van der Waals surface area contributed by atoms with E-state index in [-0.39, 0.29) is 10.6 Å². The van der Waals surface area contributed by atoms with Gasteiger partial charge in [-0.2, -0.15) is 0 Å². The van der Waals surface area contributed by atoms with Crippen LogP contribution in [-0.2, 0) is 12.2 Å². The molecule has 0 aliphatic carbocycles. The maximum atomic E-state index is 10.8. The van der Waals surface area contributed by atoms with Crippen LogP contribution in [0, 0.1) is 17.0 Å². The van der Waals surface area contributed by atoms with Crippen LogP contribution < -0.4 is 0 Å². The first kappa shape index (κ1) is 16.3. The summed E-state index contributed by atoms with van der Waals surface area (Å²) in [5, 5.41) is 11.7. The maximum absolute atomic E-state index is 10.8. The van der Waals surface area contributed by atoms with Gasteiger partial charge in [-0.05, 0) is 18.1 Å². The van der Waals surface area contributed by atoms with Gasteiger partial charge in [0.15, 0.2) is 5.16 Å². The molecule has 1 N–H and O–H groups in total. The quantitative estimate of drug-likeness (QED) is 0.407. The van der Waals surface area contributed by atoms with Crippen molar-refractivity contribution in [1.29, 1.82) is 0 Å². The molecule has 0 amide bonds. The molecule has 0 saturated carbocycles. The number of aromatic nitrogens is 2. The van der Waals surface area contributed by atoms with Crippen molar-refractivity contribution in [3.05, 3.63) is 87.2 Å². The van der Waals surface area contributed by atoms with Crippen molar-refractivity contribution in [3.8, 4) is 0 Å². The Kier molecular flexibility index (Phi) is 4.96. The van der Waals surface area contributed by atoms with E-state index in [2.05, 4.69) is 22.1 Å². The van der Waals surface area contributed by atoms with E-state index in [1.54, 1.807) is 23.9 Å². The number of non-ortho nitro benzene ring substituents is 1. The number of benzene rings is 2. The molecule has 0 unspecified atom stereocenters. The van der Waals surface area contributed by atoms with E-state index in [0.29, 0.717) is 5.75 Å². The first-order valence-corrected chi connectivity index (χ1v) is 8.56. The van der Waals surface area contributed by atoms with E-state index in [0.717, 1.165) is 28.5 Å². The lowest BCUT2D eigenvalue weighted by atomic mass is 10.1. The average molecular weight is 339 g/mol. The van der Waals surface area contributed by atoms with E-state index in [4.69, 9.17) is 0 Å². The Balaban J connectivity index is 1.67. The molecule has 0 aliphatic heterocycles. The van der Waals surface area contributed by atoms with Crippen molar-refractivity contribution in [2.24, 2.45) is 0 Å². The number of aromatic amines is 1. The van der Waals surface area contributed by atoms with Crippen molar-refractivity contribution in [2.75, 3.05) is 0 Å². The number of H-pyrrole nitrogens is 1. The lowest BCUT2D eigenvalue weighted by Crippen LogP contribution is -1.90. The zero-order valence-electron chi connectivity index (χ0n) is 13.2. The zero-order chi connectivity index (χ0) is 16.9. The number of aryl methyl sites for hydroxylation is 1. The van der Waals surface area contributed by atoms with Crippen molar-refractivity contribution in [1.82, 2.24) is 9.97 Å². The SMILES string of the molecule is Cc1[nH]c(SCc2cccc([N+](=O)[O-])c2)nc1Cc1ccccc1. The van der Waals surface area contributed by atoms with Crippen LogP contribution in [0.25, 0.3) is 0 Å². The van der Waals surface area contributed by atoms with Gasteiger partial charge in [-0.1, -0.05) is 54.2 Å². The molecule has 0 radical (unpaired) electrons. The van der Waals surface area contributed by atoms with Gasteiger partial charge in [0.1, 0.15) is 0 Å². The Morgan fingerprint density at radius 2 is 1.88 bits per heavy atom. The highest BCUT2D eigenvalue weighted by Crippen LogP contribution is 2.24. The normalized spacial score (nSPS) is 10.7. The van der Waals surface area contributed by atoms with Crippen molar-refractivity contribution >= 4 is 17.4 Å². The number of hydrogen-bond acceptors (Lipinski definition) is 4. The highest BCUT2D eigenvalue weighted by molar-refractivity contribution is 7.98. The van der Waals surface area contributed by atoms with Crippen LogP contribution in [0.4, 0.5) is 5.69 Å². The summed E-state index contributed by atoms with van der Waals surface area (Å²) in [6, 6.07) is 16.9. The molecule has 3 rings (SSSR count). The zero-order valence-corrected chi connectivity index (χ0v) is 14.0. The molecule has 1 heterocycles. The number of nitro groups is 1. The first-order valence-electron chi connectivity index (χ1n) is 7.57. The number of nitro benzene ring substituents is 1. The molecule has 0 spiro atoms. The summed E-state index contributed by atoms with van der Waals surface area (Å²) < 4.78 is 0. The lowest BCUT2D eigenvalue weighted by Gasteiger charge is -1.99. The molecule has 0 fully saturated rings. The largest absolute Gasteiger partial charge is 0.337 e. The van der Waals surface area contributed by atoms with Gasteiger partial charge in [-0.15, -0.1) is 0 Å². The minimum atomic E-state index is -0.372. The number of nitrogens with zero attached hydrogens (tertiary/aromatic N) is 2. The molecular formula is C18H17N3O2S. The average Bonchev–Trinajstić information content (AvgIpc) is 2.94. The summed E-state index contributed by atoms with van der Waals surface area (Å²) >= 11 is 1.55. The van der Waals surface area contributed by atoms with Gasteiger partial charge < -0.3 is 4.98 Å². The van der Waals surface area contributed by atoms with E-state index in [1.807, 2.05) is 31.2 Å². The van der Waals surface area contributed by atoms with Gasteiger partial charge in [0.25, 0.3) is 5.69 Å². The Labute approximate surface area is 144 Å². The van der Waals surface area contributed by atoms with Crippen molar-refractivity contribution in [3.63, 3.8) is 0 Å². The summed E-state index contributed by atoms with van der Waals surface area (Å²) in [6.07, 6.45) is 0.792. The predicted molar refractivity (Wildman–Crippen MR) is 95.2 cm³/mol. The molecule has 0 aliphatic rings. The molecule has 1 aromatic heterocycles. The van der Waals surface area contributed by atoms with Gasteiger partial charge in [0, 0.05) is 30.0 Å². The van der Waals surface area contributed by atoms with Gasteiger partial charge in [-0.3, -0.25) is 10.1 Å². The third-order valence-electron chi connectivity index (χ3n) is 3.68. The number of nitrogens with one attached hydrogen (secondary N) is 1. The van der Waals surface area contributed by atoms with Crippen LogP contribution in [0.5, 0.6) is 0 Å². The van der Waals surface area contributed by atoms with E-state index >= 15 is 0 Å². The molecule has 0 saturated heterocycles. The molecule has 5 nitrogen and oxygen atoms in total. The van der Waals surface area contributed by atoms with Gasteiger partial charge in [-0.25, -0.2) is 4.98 Å².